The van der Waals surface area contributed by atoms with E-state index in [1.54, 1.807) is 54.6 Å². The summed E-state index contributed by atoms with van der Waals surface area (Å²) in [5.74, 6) is -3.48. The molecule has 0 bridgehead atoms. The third-order valence-corrected chi connectivity index (χ3v) is 8.71. The van der Waals surface area contributed by atoms with Gasteiger partial charge in [-0.15, -0.1) is 11.3 Å². The second-order valence-electron chi connectivity index (χ2n) is 7.54. The molecule has 0 saturated heterocycles. The van der Waals surface area contributed by atoms with Crippen LogP contribution < -0.4 is 74.0 Å². The van der Waals surface area contributed by atoms with Crippen molar-refractivity contribution in [1.82, 2.24) is 4.72 Å². The number of nitrogens with one attached hydrogen (secondary N) is 1. The zero-order valence-corrected chi connectivity index (χ0v) is 24.8. The van der Waals surface area contributed by atoms with Crippen LogP contribution in [0.3, 0.4) is 0 Å². The summed E-state index contributed by atoms with van der Waals surface area (Å²) in [7, 11) is -4.15. The summed E-state index contributed by atoms with van der Waals surface area (Å²) >= 11 is 6.89. The van der Waals surface area contributed by atoms with Crippen molar-refractivity contribution in [1.29, 1.82) is 0 Å². The Kier molecular flexibility index (Phi) is 10.0. The average Bonchev–Trinajstić information content (AvgIpc) is 3.22. The number of aliphatic carboxylic acids is 2. The number of hydrogen-bond acceptors (Lipinski definition) is 7. The van der Waals surface area contributed by atoms with Crippen LogP contribution in [0.5, 0.6) is 0 Å². The van der Waals surface area contributed by atoms with Gasteiger partial charge in [-0.3, -0.25) is 0 Å². The van der Waals surface area contributed by atoms with Crippen LogP contribution in [0.15, 0.2) is 64.9 Å². The van der Waals surface area contributed by atoms with Crippen molar-refractivity contribution >= 4 is 44.9 Å². The van der Waals surface area contributed by atoms with Crippen molar-refractivity contribution in [2.24, 2.45) is 0 Å². The first-order chi connectivity index (χ1) is 15.1. The minimum absolute atomic E-state index is 0. The van der Waals surface area contributed by atoms with Crippen LogP contribution in [0.25, 0.3) is 10.4 Å². The van der Waals surface area contributed by atoms with E-state index in [2.05, 4.69) is 4.72 Å². The fourth-order valence-electron chi connectivity index (χ4n) is 3.66. The number of thiophene rings is 1. The quantitative estimate of drug-likeness (QED) is 0.289. The fraction of sp³-hybridized carbons (Fsp3) is 0.182. The van der Waals surface area contributed by atoms with Crippen molar-refractivity contribution in [2.75, 3.05) is 0 Å². The van der Waals surface area contributed by atoms with Gasteiger partial charge in [0.05, 0.1) is 11.5 Å². The molecule has 1 fully saturated rings. The second kappa shape index (κ2) is 11.6. The summed E-state index contributed by atoms with van der Waals surface area (Å²) in [6.07, 6.45) is -0.327. The summed E-state index contributed by atoms with van der Waals surface area (Å²) in [5, 5.41) is 23.4. The van der Waals surface area contributed by atoms with Gasteiger partial charge < -0.3 is 19.8 Å². The van der Waals surface area contributed by atoms with E-state index in [0.29, 0.717) is 21.0 Å². The summed E-state index contributed by atoms with van der Waals surface area (Å²) < 4.78 is 28.2. The average molecular weight is 536 g/mol. The van der Waals surface area contributed by atoms with Crippen LogP contribution in [0.2, 0.25) is 5.02 Å². The molecule has 0 aliphatic heterocycles. The molecule has 3 aromatic rings. The normalized spacial score (nSPS) is 18.9. The Balaban J connectivity index is 0.00000204. The van der Waals surface area contributed by atoms with Crippen molar-refractivity contribution in [3.8, 4) is 10.4 Å². The predicted octanol–water partition coefficient (Wildman–Crippen LogP) is -4.68. The summed E-state index contributed by atoms with van der Waals surface area (Å²) in [4.78, 5) is 23.5. The Labute approximate surface area is 250 Å². The van der Waals surface area contributed by atoms with E-state index >= 15 is 0 Å². The number of rotatable bonds is 8. The molecule has 1 aromatic heterocycles. The Morgan fingerprint density at radius 2 is 1.74 bits per heavy atom. The molecule has 2 atom stereocenters. The van der Waals surface area contributed by atoms with E-state index in [-0.39, 0.29) is 76.2 Å². The number of carbonyl (C=O) groups excluding carboxylic acids is 2. The molecular formula is C22H16ClNNa2O6S2. The molecule has 2 aromatic carbocycles. The van der Waals surface area contributed by atoms with Gasteiger partial charge in [-0.05, 0) is 47.4 Å². The van der Waals surface area contributed by atoms with E-state index in [4.69, 9.17) is 11.6 Å². The Bertz CT molecular complexity index is 1310. The smallest absolute Gasteiger partial charge is 0.550 e. The van der Waals surface area contributed by atoms with Gasteiger partial charge in [-0.2, -0.15) is 4.72 Å². The maximum atomic E-state index is 13.0. The van der Waals surface area contributed by atoms with Gasteiger partial charge in [0.1, 0.15) is 4.21 Å². The van der Waals surface area contributed by atoms with Crippen LogP contribution in [0.1, 0.15) is 23.5 Å². The first-order valence-electron chi connectivity index (χ1n) is 9.50. The number of halogens is 1. The zero-order chi connectivity index (χ0) is 23.1. The van der Waals surface area contributed by atoms with Gasteiger partial charge in [-0.1, -0.05) is 48.0 Å². The molecule has 1 heterocycles. The van der Waals surface area contributed by atoms with Crippen LogP contribution in [-0.2, 0) is 26.0 Å². The topological polar surface area (TPSA) is 126 Å². The number of carboxylic acid groups (broad SMARTS) is 2. The maximum Gasteiger partial charge on any atom is 1.00 e. The van der Waals surface area contributed by atoms with Gasteiger partial charge in [0.15, 0.2) is 0 Å². The van der Waals surface area contributed by atoms with Crippen molar-refractivity contribution in [3.63, 3.8) is 0 Å². The Morgan fingerprint density at radius 3 is 2.35 bits per heavy atom. The Hall–Kier alpha value is -0.720. The van der Waals surface area contributed by atoms with E-state index < -0.39 is 33.4 Å². The molecule has 0 radical (unpaired) electrons. The number of hydrogen-bond donors (Lipinski definition) is 1. The first kappa shape index (κ1) is 29.5. The van der Waals surface area contributed by atoms with Crippen LogP contribution in [0.4, 0.5) is 0 Å². The molecule has 1 saturated carbocycles. The largest absolute Gasteiger partial charge is 1.00 e. The third kappa shape index (κ3) is 6.34. The molecule has 1 aliphatic rings. The van der Waals surface area contributed by atoms with Crippen molar-refractivity contribution in [2.45, 2.75) is 28.5 Å². The molecule has 1 aliphatic carbocycles. The van der Waals surface area contributed by atoms with E-state index in [1.165, 1.54) is 6.07 Å². The summed E-state index contributed by atoms with van der Waals surface area (Å²) in [6, 6.07) is 16.3. The predicted molar refractivity (Wildman–Crippen MR) is 115 cm³/mol. The molecular weight excluding hydrogens is 520 g/mol. The van der Waals surface area contributed by atoms with Crippen LogP contribution in [-0.4, -0.2) is 25.9 Å². The van der Waals surface area contributed by atoms with Gasteiger partial charge >= 0.3 is 59.1 Å². The zero-order valence-electron chi connectivity index (χ0n) is 18.4. The SMILES string of the molecule is O=C([O-])Cc1cccc(C2CC2(NS(=O)(=O)c2ccc(-c3ccc(Cl)cc3)s2)C(=O)[O-])c1.[Na+].[Na+]. The minimum atomic E-state index is -4.15. The van der Waals surface area contributed by atoms with Crippen LogP contribution >= 0.6 is 22.9 Å². The summed E-state index contributed by atoms with van der Waals surface area (Å²) in [5.41, 5.74) is -0.0628. The molecule has 1 N–H and O–H groups in total. The monoisotopic (exact) mass is 535 g/mol. The maximum absolute atomic E-state index is 13.0. The first-order valence-corrected chi connectivity index (χ1v) is 12.2. The van der Waals surface area contributed by atoms with Gasteiger partial charge in [-0.25, -0.2) is 8.42 Å². The standard InChI is InChI=1S/C22H18ClNO6S2.2Na/c23-16-6-4-14(5-7-16)18-8-9-20(31-18)32(29,30)24-22(21(27)28)12-17(22)15-3-1-2-13(10-15)11-19(25)26;;/h1-10,17,24H,11-12H2,(H,25,26)(H,27,28);;/q;2*+1/p-2. The molecule has 0 amide bonds. The molecule has 2 unspecified atom stereocenters. The van der Waals surface area contributed by atoms with Gasteiger partial charge in [0.25, 0.3) is 10.0 Å². The third-order valence-electron chi connectivity index (χ3n) is 5.32. The number of carbonyl (C=O) groups is 2. The molecule has 12 heteroatoms. The number of benzene rings is 2. The van der Waals surface area contributed by atoms with Crippen LogP contribution in [0, 0.1) is 0 Å². The van der Waals surface area contributed by atoms with Gasteiger partial charge in [0, 0.05) is 28.2 Å². The number of carboxylic acids is 2. The molecule has 34 heavy (non-hydrogen) atoms. The van der Waals surface area contributed by atoms with E-state index in [0.717, 1.165) is 16.9 Å². The van der Waals surface area contributed by atoms with E-state index in [1.807, 2.05) is 0 Å². The minimum Gasteiger partial charge on any atom is -0.550 e. The molecule has 0 spiro atoms. The van der Waals surface area contributed by atoms with Crippen molar-refractivity contribution in [3.05, 3.63) is 76.8 Å². The number of sulfonamides is 1. The summed E-state index contributed by atoms with van der Waals surface area (Å²) in [6.45, 7) is 0. The van der Waals surface area contributed by atoms with E-state index in [9.17, 15) is 28.2 Å². The molecule has 166 valence electrons. The van der Waals surface area contributed by atoms with Gasteiger partial charge in [0.2, 0.25) is 0 Å². The van der Waals surface area contributed by atoms with Crippen molar-refractivity contribution < 1.29 is 87.3 Å². The Morgan fingerprint density at radius 1 is 1.06 bits per heavy atom. The molecule has 7 nitrogen and oxygen atoms in total. The molecule has 4 rings (SSSR count). The second-order valence-corrected chi connectivity index (χ2v) is 11.0. The fourth-order valence-corrected chi connectivity index (χ4v) is 6.49.